The SMILES string of the molecule is CCC(=O)CC[C@@H]1CC(=O)[C@@]2(C)CC[C@@H]3c4ccc(OC)cc4CC[C@H]3[C@H]12.CCC(O)CC[C@@H]1CC(=O)[C@@]2(C)CC[C@@H]3c4ccc(OC)cc4CC[C@H]3[C@H]12.COc1ccc2c(c1)CC[C@H]1[C@@H]3[C@H](CCC=O)CC(=O)[C@@]3(C)CC[C@H]21.COc1ccc2c(c1)CC[C@H]1[C@@H]3[C@H](CCCO)CC(=O)[C@@]3(C)CC[C@H]21. The summed E-state index contributed by atoms with van der Waals surface area (Å²) in [5, 5.41) is 19.3. The maximum absolute atomic E-state index is 13.0. The van der Waals surface area contributed by atoms with E-state index in [1.807, 2.05) is 13.8 Å². The maximum Gasteiger partial charge on any atom is 0.139 e. The first-order chi connectivity index (χ1) is 50.1. The van der Waals surface area contributed by atoms with Crippen molar-refractivity contribution in [2.45, 2.75) is 264 Å². The summed E-state index contributed by atoms with van der Waals surface area (Å²) >= 11 is 0. The number of aliphatic hydroxyl groups excluding tert-OH is 2. The summed E-state index contributed by atoms with van der Waals surface area (Å²) in [5.74, 6) is 14.3. The zero-order chi connectivity index (χ0) is 73.6. The highest BCUT2D eigenvalue weighted by molar-refractivity contribution is 5.90. The molecule has 0 aromatic heterocycles. The molecule has 0 bridgehead atoms. The predicted octanol–water partition coefficient (Wildman–Crippen LogP) is 18.4. The number of ether oxygens (including phenoxy) is 4. The average Bonchev–Trinajstić information content (AvgIpc) is 1.54. The standard InChI is InChI=1S/C24H34O3.C24H32O3.C22H30O3.C22H28O3/c2*1-4-17(25)7-5-16-14-22(26)24(2)12-11-20-19-10-8-18(27-3)13-15(19)6-9-21(20)23(16)24;2*1-22-10-9-18-17-8-6-16(25-2)12-14(17)5-7-19(18)21(22)15(4-3-11-23)13-20(22)24/h8,10,13,16-17,20-21,23,25H,4-7,9,11-12,14H2,1-3H3;8,10,13,16,20-21,23H,4-7,9,11-12,14H2,1-3H3;6,8,12,15,18-19,21,23H,3-5,7,9-11,13H2,1-2H3;6,8,11-12,15,18-19,21H,3-5,7,9-10,13H2,1-2H3/t16-,17?,20-,21-,23+,24-;16-,20-,21-,23+,24-;2*15-,18-,19-,21+,22-/m1111/s1. The van der Waals surface area contributed by atoms with Crippen LogP contribution in [0, 0.1) is 92.7 Å². The van der Waals surface area contributed by atoms with Gasteiger partial charge in [-0.15, -0.1) is 0 Å². The topological polar surface area (TPSA) is 180 Å². The second-order valence-electron chi connectivity index (χ2n) is 35.7. The van der Waals surface area contributed by atoms with E-state index in [0.29, 0.717) is 156 Å². The first kappa shape index (κ1) is 76.2. The third kappa shape index (κ3) is 14.1. The summed E-state index contributed by atoms with van der Waals surface area (Å²) in [4.78, 5) is 74.4. The number of hydrogen-bond acceptors (Lipinski definition) is 12. The molecule has 8 saturated carbocycles. The average molecular weight is 1420 g/mol. The molecule has 21 atom stereocenters. The highest BCUT2D eigenvalue weighted by atomic mass is 16.5. The lowest BCUT2D eigenvalue weighted by molar-refractivity contribution is -0.130. The highest BCUT2D eigenvalue weighted by Gasteiger charge is 2.63. The number of hydrogen-bond donors (Lipinski definition) is 2. The Bertz CT molecular complexity index is 3790. The lowest BCUT2D eigenvalue weighted by Crippen LogP contribution is -2.44. The van der Waals surface area contributed by atoms with Gasteiger partial charge in [-0.3, -0.25) is 24.0 Å². The number of aldehydes is 1. The first-order valence-electron chi connectivity index (χ1n) is 41.2. The number of carbonyl (C=O) groups is 6. The monoisotopic (exact) mass is 1420 g/mol. The van der Waals surface area contributed by atoms with E-state index in [9.17, 15) is 39.0 Å². The zero-order valence-corrected chi connectivity index (χ0v) is 64.7. The molecule has 0 heterocycles. The summed E-state index contributed by atoms with van der Waals surface area (Å²) in [5.41, 5.74) is 11.1. The van der Waals surface area contributed by atoms with Crippen LogP contribution in [0.25, 0.3) is 0 Å². The Morgan fingerprint density at radius 3 is 1.06 bits per heavy atom. The second kappa shape index (κ2) is 31.7. The number of benzene rings is 4. The van der Waals surface area contributed by atoms with Gasteiger partial charge in [-0.1, -0.05) is 65.8 Å². The molecular formula is C92H124O12. The van der Waals surface area contributed by atoms with E-state index in [4.69, 9.17) is 18.9 Å². The van der Waals surface area contributed by atoms with Crippen molar-refractivity contribution in [3.05, 3.63) is 117 Å². The minimum atomic E-state index is -0.217. The van der Waals surface area contributed by atoms with Gasteiger partial charge in [-0.05, 0) is 335 Å². The molecule has 12 aliphatic carbocycles. The number of aryl methyl sites for hydroxylation is 4. The van der Waals surface area contributed by atoms with Gasteiger partial charge in [0, 0.05) is 73.2 Å². The fourth-order valence-corrected chi connectivity index (χ4v) is 25.8. The molecule has 0 amide bonds. The molecule has 0 radical (unpaired) electrons. The summed E-state index contributed by atoms with van der Waals surface area (Å²) < 4.78 is 21.7. The molecule has 104 heavy (non-hydrogen) atoms. The van der Waals surface area contributed by atoms with E-state index in [2.05, 4.69) is 100 Å². The van der Waals surface area contributed by atoms with Gasteiger partial charge in [0.15, 0.2) is 0 Å². The van der Waals surface area contributed by atoms with Crippen LogP contribution in [-0.4, -0.2) is 86.6 Å². The van der Waals surface area contributed by atoms with Gasteiger partial charge in [-0.25, -0.2) is 0 Å². The Morgan fingerprint density at radius 2 is 0.769 bits per heavy atom. The fourth-order valence-electron chi connectivity index (χ4n) is 25.8. The molecule has 0 saturated heterocycles. The smallest absolute Gasteiger partial charge is 0.139 e. The van der Waals surface area contributed by atoms with Crippen molar-refractivity contribution in [1.82, 2.24) is 0 Å². The van der Waals surface area contributed by atoms with Crippen molar-refractivity contribution in [3.63, 3.8) is 0 Å². The van der Waals surface area contributed by atoms with Crippen molar-refractivity contribution in [2.24, 2.45) is 92.7 Å². The van der Waals surface area contributed by atoms with E-state index in [1.165, 1.54) is 57.3 Å². The molecule has 2 N–H and O–H groups in total. The van der Waals surface area contributed by atoms with Crippen molar-refractivity contribution < 1.29 is 57.9 Å². The molecule has 8 fully saturated rings. The van der Waals surface area contributed by atoms with Crippen molar-refractivity contribution in [3.8, 4) is 23.0 Å². The molecule has 564 valence electrons. The Kier molecular flexibility index (Phi) is 23.2. The number of fused-ring (bicyclic) bond motifs is 20. The molecule has 0 aliphatic heterocycles. The van der Waals surface area contributed by atoms with Crippen LogP contribution in [0.1, 0.15) is 277 Å². The second-order valence-corrected chi connectivity index (χ2v) is 35.7. The zero-order valence-electron chi connectivity index (χ0n) is 64.7. The van der Waals surface area contributed by atoms with E-state index < -0.39 is 0 Å². The van der Waals surface area contributed by atoms with Crippen molar-refractivity contribution in [1.29, 1.82) is 0 Å². The van der Waals surface area contributed by atoms with E-state index in [0.717, 1.165) is 177 Å². The van der Waals surface area contributed by atoms with Crippen LogP contribution < -0.4 is 18.9 Å². The van der Waals surface area contributed by atoms with Crippen LogP contribution in [0.3, 0.4) is 0 Å². The van der Waals surface area contributed by atoms with E-state index >= 15 is 0 Å². The highest BCUT2D eigenvalue weighted by Crippen LogP contribution is 2.67. The van der Waals surface area contributed by atoms with Crippen LogP contribution in [0.2, 0.25) is 0 Å². The van der Waals surface area contributed by atoms with Crippen LogP contribution in [0.4, 0.5) is 0 Å². The van der Waals surface area contributed by atoms with Gasteiger partial charge in [0.2, 0.25) is 0 Å². The Balaban J connectivity index is 0.000000123. The van der Waals surface area contributed by atoms with Crippen LogP contribution >= 0.6 is 0 Å². The Morgan fingerprint density at radius 1 is 0.462 bits per heavy atom. The summed E-state index contributed by atoms with van der Waals surface area (Å²) in [6.45, 7) is 13.1. The number of rotatable bonds is 18. The molecule has 4 aromatic carbocycles. The van der Waals surface area contributed by atoms with Crippen LogP contribution in [0.5, 0.6) is 23.0 Å². The summed E-state index contributed by atoms with van der Waals surface area (Å²) in [7, 11) is 6.92. The molecule has 16 rings (SSSR count). The predicted molar refractivity (Wildman–Crippen MR) is 408 cm³/mol. The molecule has 0 spiro atoms. The normalized spacial score (nSPS) is 35.8. The van der Waals surface area contributed by atoms with Crippen LogP contribution in [0.15, 0.2) is 72.8 Å². The lowest BCUT2D eigenvalue weighted by atomic mass is 9.54. The maximum atomic E-state index is 13.0. The third-order valence-electron chi connectivity index (χ3n) is 31.0. The third-order valence-corrected chi connectivity index (χ3v) is 31.0. The van der Waals surface area contributed by atoms with E-state index in [1.54, 1.807) is 28.4 Å². The molecule has 1 unspecified atom stereocenters. The molecule has 12 aliphatic rings. The molecule has 12 heteroatoms. The number of ketones is 5. The molecule has 12 nitrogen and oxygen atoms in total. The van der Waals surface area contributed by atoms with Gasteiger partial charge in [0.05, 0.1) is 34.5 Å². The number of aliphatic hydroxyl groups is 2. The molecular weight excluding hydrogens is 1300 g/mol. The molecule has 4 aromatic rings. The fraction of sp³-hybridized carbons (Fsp3) is 0.674. The first-order valence-corrected chi connectivity index (χ1v) is 41.2. The van der Waals surface area contributed by atoms with Gasteiger partial charge >= 0.3 is 0 Å². The largest absolute Gasteiger partial charge is 0.497 e. The quantitative estimate of drug-likeness (QED) is 0.0902. The minimum absolute atomic E-state index is 0.120. The lowest BCUT2D eigenvalue weighted by Gasteiger charge is -2.50. The van der Waals surface area contributed by atoms with Crippen LogP contribution in [-0.2, 0) is 54.5 Å². The van der Waals surface area contributed by atoms with Crippen molar-refractivity contribution >= 4 is 35.2 Å². The number of carbonyl (C=O) groups excluding carboxylic acids is 6. The van der Waals surface area contributed by atoms with E-state index in [-0.39, 0.29) is 34.4 Å². The van der Waals surface area contributed by atoms with Gasteiger partial charge in [0.25, 0.3) is 0 Å². The summed E-state index contributed by atoms with van der Waals surface area (Å²) in [6, 6.07) is 26.3. The number of methoxy groups -OCH3 is 4. The minimum Gasteiger partial charge on any atom is -0.497 e. The van der Waals surface area contributed by atoms with Gasteiger partial charge in [-0.2, -0.15) is 0 Å². The van der Waals surface area contributed by atoms with Crippen molar-refractivity contribution in [2.75, 3.05) is 35.0 Å². The number of Topliss-reactive ketones (excluding diaryl/α,β-unsaturated/α-hetero) is 5. The van der Waals surface area contributed by atoms with Gasteiger partial charge in [0.1, 0.15) is 58.2 Å². The summed E-state index contributed by atoms with van der Waals surface area (Å²) in [6.07, 6.45) is 29.4. The Hall–Kier alpha value is -5.98. The Labute approximate surface area is 621 Å². The van der Waals surface area contributed by atoms with Gasteiger partial charge < -0.3 is 34.0 Å².